The summed E-state index contributed by atoms with van der Waals surface area (Å²) in [5.74, 6) is -2.61. The van der Waals surface area contributed by atoms with Crippen LogP contribution in [0.3, 0.4) is 0 Å². The van der Waals surface area contributed by atoms with E-state index in [4.69, 9.17) is 0 Å². The van der Waals surface area contributed by atoms with Crippen molar-refractivity contribution in [1.29, 1.82) is 0 Å². The van der Waals surface area contributed by atoms with Gasteiger partial charge in [-0.15, -0.1) is 0 Å². The van der Waals surface area contributed by atoms with Crippen LogP contribution in [0.25, 0.3) is 0 Å². The van der Waals surface area contributed by atoms with E-state index >= 15 is 0 Å². The molecule has 2 saturated heterocycles. The summed E-state index contributed by atoms with van der Waals surface area (Å²) in [6, 6.07) is 2.42. The summed E-state index contributed by atoms with van der Waals surface area (Å²) >= 11 is 0. The first-order valence-electron chi connectivity index (χ1n) is 8.46. The number of urea groups is 1. The normalized spacial score (nSPS) is 21.6. The summed E-state index contributed by atoms with van der Waals surface area (Å²) in [7, 11) is -4.30. The van der Waals surface area contributed by atoms with Gasteiger partial charge in [-0.1, -0.05) is 6.07 Å². The fourth-order valence-corrected chi connectivity index (χ4v) is 4.79. The number of sulfonamides is 1. The lowest BCUT2D eigenvalue weighted by Crippen LogP contribution is -3.16. The molecule has 0 unspecified atom stereocenters. The Morgan fingerprint density at radius 1 is 1.15 bits per heavy atom. The van der Waals surface area contributed by atoms with Crippen molar-refractivity contribution in [2.75, 3.05) is 32.8 Å². The fourth-order valence-electron chi connectivity index (χ4n) is 3.24. The largest absolute Gasteiger partial charge is 0.329 e. The van der Waals surface area contributed by atoms with Gasteiger partial charge in [0.1, 0.15) is 17.2 Å². The molecule has 1 aromatic carbocycles. The van der Waals surface area contributed by atoms with Crippen molar-refractivity contribution in [1.82, 2.24) is 14.5 Å². The number of hydrogen-bond acceptors (Lipinski definition) is 4. The summed E-state index contributed by atoms with van der Waals surface area (Å²) < 4.78 is 53.9. The molecule has 0 aromatic heterocycles. The molecular weight excluding hydrogens is 382 g/mol. The first-order chi connectivity index (χ1) is 12.5. The van der Waals surface area contributed by atoms with Crippen LogP contribution in [-0.2, 0) is 14.8 Å². The lowest BCUT2D eigenvalue weighted by Gasteiger charge is -2.32. The maximum atomic E-state index is 13.9. The van der Waals surface area contributed by atoms with Gasteiger partial charge in [0.15, 0.2) is 11.6 Å². The molecule has 0 saturated carbocycles. The summed E-state index contributed by atoms with van der Waals surface area (Å²) in [6.07, 6.45) is 0. The van der Waals surface area contributed by atoms with Crippen LogP contribution in [0, 0.1) is 11.6 Å². The smallest absolute Gasteiger partial charge is 0.323 e. The summed E-state index contributed by atoms with van der Waals surface area (Å²) in [5.41, 5.74) is -0.968. The van der Waals surface area contributed by atoms with Crippen LogP contribution in [0.15, 0.2) is 23.1 Å². The van der Waals surface area contributed by atoms with E-state index in [2.05, 4.69) is 5.32 Å². The van der Waals surface area contributed by atoms with E-state index in [-0.39, 0.29) is 25.7 Å². The van der Waals surface area contributed by atoms with E-state index in [1.807, 2.05) is 0 Å². The van der Waals surface area contributed by atoms with Crippen LogP contribution in [-0.4, -0.2) is 67.9 Å². The minimum absolute atomic E-state index is 0.0263. The number of nitrogens with one attached hydrogen (secondary N) is 2. The van der Waals surface area contributed by atoms with E-state index in [9.17, 15) is 26.8 Å². The molecule has 2 fully saturated rings. The third-order valence-corrected chi connectivity index (χ3v) is 6.72. The van der Waals surface area contributed by atoms with Crippen molar-refractivity contribution in [2.45, 2.75) is 24.3 Å². The van der Waals surface area contributed by atoms with Gasteiger partial charge >= 0.3 is 6.03 Å². The van der Waals surface area contributed by atoms with Gasteiger partial charge in [0.05, 0.1) is 26.2 Å². The maximum absolute atomic E-state index is 13.9. The first kappa shape index (κ1) is 19.6. The molecule has 3 amide bonds. The standard InChI is InChI=1S/C16H20F2N4O4S/c1-16(2)14(23)22(15(24)19-16)10-20-6-8-21(9-7-20)27(25,26)13-11(17)4-3-5-12(13)18/h3-5H,6-10H2,1-2H3,(H,19,24)/p+1. The Balaban J connectivity index is 1.67. The highest BCUT2D eigenvalue weighted by Crippen LogP contribution is 2.22. The van der Waals surface area contributed by atoms with Crippen LogP contribution in [0.1, 0.15) is 13.8 Å². The molecule has 0 radical (unpaired) electrons. The van der Waals surface area contributed by atoms with E-state index in [0.717, 1.165) is 32.3 Å². The minimum Gasteiger partial charge on any atom is -0.323 e. The van der Waals surface area contributed by atoms with Crippen molar-refractivity contribution in [3.63, 3.8) is 0 Å². The number of benzene rings is 1. The highest BCUT2D eigenvalue weighted by atomic mass is 32.2. The quantitative estimate of drug-likeness (QED) is 0.641. The molecule has 2 heterocycles. The molecule has 1 aromatic rings. The number of halogens is 2. The second-order valence-electron chi connectivity index (χ2n) is 7.15. The Bertz CT molecular complexity index is 862. The predicted octanol–water partition coefficient (Wildman–Crippen LogP) is -0.858. The van der Waals surface area contributed by atoms with Gasteiger partial charge in [0.25, 0.3) is 5.91 Å². The molecule has 0 aliphatic carbocycles. The lowest BCUT2D eigenvalue weighted by molar-refractivity contribution is -0.910. The summed E-state index contributed by atoms with van der Waals surface area (Å²) in [5, 5.41) is 2.58. The lowest BCUT2D eigenvalue weighted by atomic mass is 10.1. The summed E-state index contributed by atoms with van der Waals surface area (Å²) in [6.45, 7) is 3.97. The molecular formula is C16H21F2N4O4S+. The van der Waals surface area contributed by atoms with Gasteiger partial charge in [-0.3, -0.25) is 4.79 Å². The number of imide groups is 1. The van der Waals surface area contributed by atoms with E-state index < -0.39 is 38.1 Å². The number of amides is 3. The highest BCUT2D eigenvalue weighted by Gasteiger charge is 2.46. The Kier molecular flexibility index (Phi) is 4.95. The van der Waals surface area contributed by atoms with Crippen molar-refractivity contribution >= 4 is 22.0 Å². The van der Waals surface area contributed by atoms with Gasteiger partial charge in [0, 0.05) is 0 Å². The van der Waals surface area contributed by atoms with Crippen LogP contribution in [0.5, 0.6) is 0 Å². The molecule has 11 heteroatoms. The molecule has 3 rings (SSSR count). The number of hydrogen-bond donors (Lipinski definition) is 2. The van der Waals surface area contributed by atoms with Crippen molar-refractivity contribution < 1.29 is 31.7 Å². The molecule has 2 aliphatic rings. The average Bonchev–Trinajstić information content (AvgIpc) is 2.77. The van der Waals surface area contributed by atoms with Crippen LogP contribution >= 0.6 is 0 Å². The van der Waals surface area contributed by atoms with Crippen molar-refractivity contribution in [2.24, 2.45) is 0 Å². The zero-order chi connectivity index (χ0) is 20.0. The molecule has 27 heavy (non-hydrogen) atoms. The van der Waals surface area contributed by atoms with Gasteiger partial charge in [-0.05, 0) is 26.0 Å². The predicted molar refractivity (Wildman–Crippen MR) is 90.1 cm³/mol. The zero-order valence-electron chi connectivity index (χ0n) is 15.0. The van der Waals surface area contributed by atoms with E-state index in [1.54, 1.807) is 13.8 Å². The monoisotopic (exact) mass is 403 g/mol. The minimum atomic E-state index is -4.30. The molecule has 0 bridgehead atoms. The molecule has 0 spiro atoms. The van der Waals surface area contributed by atoms with E-state index in [0.29, 0.717) is 13.1 Å². The topological polar surface area (TPSA) is 91.2 Å². The summed E-state index contributed by atoms with van der Waals surface area (Å²) in [4.78, 5) is 25.2. The maximum Gasteiger partial charge on any atom is 0.329 e. The second-order valence-corrected chi connectivity index (χ2v) is 9.03. The van der Waals surface area contributed by atoms with Crippen LogP contribution in [0.4, 0.5) is 13.6 Å². The molecule has 148 valence electrons. The van der Waals surface area contributed by atoms with Crippen molar-refractivity contribution in [3.05, 3.63) is 29.8 Å². The third-order valence-electron chi connectivity index (χ3n) is 4.77. The molecule has 2 N–H and O–H groups in total. The van der Waals surface area contributed by atoms with Crippen molar-refractivity contribution in [3.8, 4) is 0 Å². The van der Waals surface area contributed by atoms with Crippen LogP contribution < -0.4 is 10.2 Å². The van der Waals surface area contributed by atoms with E-state index in [1.165, 1.54) is 0 Å². The Labute approximate surface area is 155 Å². The first-order valence-corrected chi connectivity index (χ1v) is 9.90. The molecule has 8 nitrogen and oxygen atoms in total. The Morgan fingerprint density at radius 2 is 1.70 bits per heavy atom. The number of carbonyl (C=O) groups excluding carboxylic acids is 2. The Morgan fingerprint density at radius 3 is 2.19 bits per heavy atom. The highest BCUT2D eigenvalue weighted by molar-refractivity contribution is 7.89. The van der Waals surface area contributed by atoms with Gasteiger partial charge in [0.2, 0.25) is 10.0 Å². The number of piperazine rings is 1. The SMILES string of the molecule is CC1(C)NC(=O)N(C[NH+]2CCN(S(=O)(=O)c3c(F)cccc3F)CC2)C1=O. The number of rotatable bonds is 4. The third kappa shape index (κ3) is 3.54. The van der Waals surface area contributed by atoms with Gasteiger partial charge in [-0.25, -0.2) is 26.9 Å². The fraction of sp³-hybridized carbons (Fsp3) is 0.500. The number of carbonyl (C=O) groups is 2. The number of nitrogens with zero attached hydrogens (tertiary/aromatic N) is 2. The Hall–Kier alpha value is -2.11. The number of quaternary nitrogens is 1. The van der Waals surface area contributed by atoms with Crippen LogP contribution in [0.2, 0.25) is 0 Å². The van der Waals surface area contributed by atoms with Gasteiger partial charge < -0.3 is 10.2 Å². The average molecular weight is 403 g/mol. The second kappa shape index (κ2) is 6.80. The zero-order valence-corrected chi connectivity index (χ0v) is 15.8. The molecule has 0 atom stereocenters. The van der Waals surface area contributed by atoms with Gasteiger partial charge in [-0.2, -0.15) is 4.31 Å². The molecule has 2 aliphatic heterocycles.